The second-order valence-electron chi connectivity index (χ2n) is 4.29. The maximum atomic E-state index is 12.2. The van der Waals surface area contributed by atoms with Gasteiger partial charge in [-0.05, 0) is 16.8 Å². The molecule has 2 rings (SSSR count). The number of methoxy groups -OCH3 is 1. The zero-order valence-corrected chi connectivity index (χ0v) is 12.3. The molecule has 100 valence electrons. The summed E-state index contributed by atoms with van der Waals surface area (Å²) in [5, 5.41) is 4.95. The minimum Gasteiger partial charge on any atom is -0.383 e. The van der Waals surface area contributed by atoms with Gasteiger partial charge < -0.3 is 10.1 Å². The van der Waals surface area contributed by atoms with Crippen LogP contribution in [0.3, 0.4) is 0 Å². The molecule has 3 nitrogen and oxygen atoms in total. The van der Waals surface area contributed by atoms with Crippen LogP contribution in [0.15, 0.2) is 42.5 Å². The van der Waals surface area contributed by atoms with Gasteiger partial charge in [0, 0.05) is 19.2 Å². The van der Waals surface area contributed by atoms with E-state index in [0.29, 0.717) is 18.7 Å². The van der Waals surface area contributed by atoms with Crippen LogP contribution in [0, 0.1) is 0 Å². The van der Waals surface area contributed by atoms with E-state index in [4.69, 9.17) is 4.74 Å². The van der Waals surface area contributed by atoms with Crippen molar-refractivity contribution in [3.05, 3.63) is 48.0 Å². The number of carbonyl (C=O) groups is 1. The molecule has 0 saturated heterocycles. The SMILES string of the molecule is COCC(Br)CNC(=O)c1cccc2ccccc12. The first-order valence-electron chi connectivity index (χ1n) is 6.11. The molecule has 1 unspecified atom stereocenters. The number of fused-ring (bicyclic) bond motifs is 1. The summed E-state index contributed by atoms with van der Waals surface area (Å²) in [5.41, 5.74) is 0.704. The van der Waals surface area contributed by atoms with Crippen LogP contribution in [0.2, 0.25) is 0 Å². The van der Waals surface area contributed by atoms with Gasteiger partial charge in [-0.2, -0.15) is 0 Å². The molecule has 0 aliphatic carbocycles. The lowest BCUT2D eigenvalue weighted by molar-refractivity contribution is 0.0951. The lowest BCUT2D eigenvalue weighted by Gasteiger charge is -2.11. The summed E-state index contributed by atoms with van der Waals surface area (Å²) in [4.78, 5) is 12.3. The van der Waals surface area contributed by atoms with Crippen molar-refractivity contribution in [2.45, 2.75) is 4.83 Å². The molecule has 1 atom stereocenters. The fraction of sp³-hybridized carbons (Fsp3) is 0.267. The van der Waals surface area contributed by atoms with Crippen LogP contribution in [0.4, 0.5) is 0 Å². The Hall–Kier alpha value is -1.39. The third kappa shape index (κ3) is 3.55. The minimum atomic E-state index is -0.0580. The molecular weight excluding hydrogens is 306 g/mol. The van der Waals surface area contributed by atoms with Gasteiger partial charge in [0.05, 0.1) is 11.4 Å². The Labute approximate surface area is 121 Å². The van der Waals surface area contributed by atoms with E-state index in [1.165, 1.54) is 0 Å². The van der Waals surface area contributed by atoms with Crippen LogP contribution in [0.25, 0.3) is 10.8 Å². The number of benzene rings is 2. The van der Waals surface area contributed by atoms with E-state index >= 15 is 0 Å². The molecular formula is C15H16BrNO2. The van der Waals surface area contributed by atoms with E-state index in [-0.39, 0.29) is 10.7 Å². The molecule has 0 aliphatic heterocycles. The molecule has 0 aliphatic rings. The zero-order chi connectivity index (χ0) is 13.7. The van der Waals surface area contributed by atoms with Crippen molar-refractivity contribution in [1.82, 2.24) is 5.32 Å². The highest BCUT2D eigenvalue weighted by molar-refractivity contribution is 9.09. The number of carbonyl (C=O) groups excluding carboxylic acids is 1. The van der Waals surface area contributed by atoms with Crippen molar-refractivity contribution in [3.63, 3.8) is 0 Å². The topological polar surface area (TPSA) is 38.3 Å². The van der Waals surface area contributed by atoms with Gasteiger partial charge in [0.2, 0.25) is 0 Å². The smallest absolute Gasteiger partial charge is 0.251 e. The molecule has 1 amide bonds. The van der Waals surface area contributed by atoms with Crippen LogP contribution in [-0.4, -0.2) is 31.0 Å². The molecule has 0 fully saturated rings. The van der Waals surface area contributed by atoms with Crippen molar-refractivity contribution in [1.29, 1.82) is 0 Å². The number of ether oxygens (including phenoxy) is 1. The predicted molar refractivity (Wildman–Crippen MR) is 80.9 cm³/mol. The predicted octanol–water partition coefficient (Wildman–Crippen LogP) is 2.98. The third-order valence-corrected chi connectivity index (χ3v) is 3.45. The molecule has 0 saturated carbocycles. The maximum absolute atomic E-state index is 12.2. The van der Waals surface area contributed by atoms with Crippen molar-refractivity contribution in [3.8, 4) is 0 Å². The van der Waals surface area contributed by atoms with Crippen LogP contribution >= 0.6 is 15.9 Å². The van der Waals surface area contributed by atoms with E-state index in [1.807, 2.05) is 42.5 Å². The van der Waals surface area contributed by atoms with Gasteiger partial charge >= 0.3 is 0 Å². The van der Waals surface area contributed by atoms with Gasteiger partial charge in [-0.25, -0.2) is 0 Å². The Morgan fingerprint density at radius 1 is 1.26 bits per heavy atom. The lowest BCUT2D eigenvalue weighted by atomic mass is 10.0. The van der Waals surface area contributed by atoms with Gasteiger partial charge in [-0.1, -0.05) is 52.3 Å². The second kappa shape index (κ2) is 6.68. The van der Waals surface area contributed by atoms with Crippen LogP contribution in [0.5, 0.6) is 0 Å². The van der Waals surface area contributed by atoms with Gasteiger partial charge in [-0.3, -0.25) is 4.79 Å². The number of hydrogen-bond acceptors (Lipinski definition) is 2. The molecule has 2 aromatic rings. The minimum absolute atomic E-state index is 0.0580. The molecule has 0 aromatic heterocycles. The number of halogens is 1. The Morgan fingerprint density at radius 2 is 2.00 bits per heavy atom. The van der Waals surface area contributed by atoms with Crippen molar-refractivity contribution in [2.24, 2.45) is 0 Å². The standard InChI is InChI=1S/C15H16BrNO2/c1-19-10-12(16)9-17-15(18)14-8-4-6-11-5-2-3-7-13(11)14/h2-8,12H,9-10H2,1H3,(H,17,18). The Bertz CT molecular complexity index is 566. The monoisotopic (exact) mass is 321 g/mol. The maximum Gasteiger partial charge on any atom is 0.251 e. The first-order chi connectivity index (χ1) is 9.22. The highest BCUT2D eigenvalue weighted by atomic mass is 79.9. The first kappa shape index (κ1) is 14.0. The summed E-state index contributed by atoms with van der Waals surface area (Å²) in [6.07, 6.45) is 0. The van der Waals surface area contributed by atoms with E-state index in [2.05, 4.69) is 21.2 Å². The Morgan fingerprint density at radius 3 is 2.79 bits per heavy atom. The number of nitrogens with one attached hydrogen (secondary N) is 1. The van der Waals surface area contributed by atoms with Crippen LogP contribution in [-0.2, 0) is 4.74 Å². The number of hydrogen-bond donors (Lipinski definition) is 1. The summed E-state index contributed by atoms with van der Waals surface area (Å²) in [5.74, 6) is -0.0580. The van der Waals surface area contributed by atoms with E-state index < -0.39 is 0 Å². The summed E-state index contributed by atoms with van der Waals surface area (Å²) in [6.45, 7) is 1.10. The van der Waals surface area contributed by atoms with Gasteiger partial charge in [0.25, 0.3) is 5.91 Å². The molecule has 1 N–H and O–H groups in total. The summed E-state index contributed by atoms with van der Waals surface area (Å²) in [7, 11) is 1.64. The number of rotatable bonds is 5. The molecule has 2 aromatic carbocycles. The van der Waals surface area contributed by atoms with Gasteiger partial charge in [-0.15, -0.1) is 0 Å². The Kier molecular flexibility index (Phi) is 4.93. The zero-order valence-electron chi connectivity index (χ0n) is 10.7. The highest BCUT2D eigenvalue weighted by Crippen LogP contribution is 2.18. The van der Waals surface area contributed by atoms with Crippen LogP contribution < -0.4 is 5.32 Å². The van der Waals surface area contributed by atoms with E-state index in [9.17, 15) is 4.79 Å². The average Bonchev–Trinajstić information content (AvgIpc) is 2.44. The molecule has 19 heavy (non-hydrogen) atoms. The second-order valence-corrected chi connectivity index (χ2v) is 5.58. The highest BCUT2D eigenvalue weighted by Gasteiger charge is 2.11. The quantitative estimate of drug-likeness (QED) is 0.860. The molecule has 0 radical (unpaired) electrons. The fourth-order valence-corrected chi connectivity index (χ4v) is 2.39. The summed E-state index contributed by atoms with van der Waals surface area (Å²) in [6, 6.07) is 13.6. The molecule has 0 heterocycles. The molecule has 0 spiro atoms. The summed E-state index contributed by atoms with van der Waals surface area (Å²) < 4.78 is 5.01. The van der Waals surface area contributed by atoms with Crippen molar-refractivity contribution in [2.75, 3.05) is 20.3 Å². The van der Waals surface area contributed by atoms with E-state index in [0.717, 1.165) is 10.8 Å². The summed E-state index contributed by atoms with van der Waals surface area (Å²) >= 11 is 3.45. The normalized spacial score (nSPS) is 12.3. The van der Waals surface area contributed by atoms with Gasteiger partial charge in [0.15, 0.2) is 0 Å². The van der Waals surface area contributed by atoms with E-state index in [1.54, 1.807) is 7.11 Å². The van der Waals surface area contributed by atoms with Crippen molar-refractivity contribution >= 4 is 32.6 Å². The lowest BCUT2D eigenvalue weighted by Crippen LogP contribution is -2.31. The fourth-order valence-electron chi connectivity index (χ4n) is 1.96. The average molecular weight is 322 g/mol. The number of amides is 1. The number of alkyl halides is 1. The largest absolute Gasteiger partial charge is 0.383 e. The van der Waals surface area contributed by atoms with Crippen molar-refractivity contribution < 1.29 is 9.53 Å². The molecule has 4 heteroatoms. The Balaban J connectivity index is 2.13. The molecule has 0 bridgehead atoms. The first-order valence-corrected chi connectivity index (χ1v) is 7.03. The third-order valence-electron chi connectivity index (χ3n) is 2.87. The van der Waals surface area contributed by atoms with Crippen LogP contribution in [0.1, 0.15) is 10.4 Å². The van der Waals surface area contributed by atoms with Gasteiger partial charge in [0.1, 0.15) is 0 Å².